The fourth-order valence-corrected chi connectivity index (χ4v) is 1.10. The summed E-state index contributed by atoms with van der Waals surface area (Å²) in [6.45, 7) is 4.50. The second-order valence-corrected chi connectivity index (χ2v) is 2.86. The predicted molar refractivity (Wildman–Crippen MR) is 63.3 cm³/mol. The Morgan fingerprint density at radius 1 is 1.07 bits per heavy atom. The lowest BCUT2D eigenvalue weighted by molar-refractivity contribution is 0.293. The van der Waals surface area contributed by atoms with E-state index in [1.165, 1.54) is 19.4 Å². The number of rotatable bonds is 3. The van der Waals surface area contributed by atoms with Crippen molar-refractivity contribution in [2.24, 2.45) is 0 Å². The molecule has 1 aliphatic heterocycles. The third-order valence-corrected chi connectivity index (χ3v) is 1.74. The molecule has 2 nitrogen and oxygen atoms in total. The average Bonchev–Trinajstić information content (AvgIpc) is 2.31. The van der Waals surface area contributed by atoms with Crippen molar-refractivity contribution in [2.45, 2.75) is 19.8 Å². The van der Waals surface area contributed by atoms with Gasteiger partial charge >= 0.3 is 0 Å². The SMILES string of the molecule is B.CCCCN1C=CN(C)C1.F.F.F.F. The van der Waals surface area contributed by atoms with Gasteiger partial charge in [-0.3, -0.25) is 18.8 Å². The Morgan fingerprint density at radius 3 is 1.93 bits per heavy atom. The highest BCUT2D eigenvalue weighted by Gasteiger charge is 2.05. The van der Waals surface area contributed by atoms with Crippen LogP contribution in [0.15, 0.2) is 12.4 Å². The van der Waals surface area contributed by atoms with Gasteiger partial charge < -0.3 is 9.80 Å². The van der Waals surface area contributed by atoms with Crippen molar-refractivity contribution in [1.82, 2.24) is 9.80 Å². The lowest BCUT2D eigenvalue weighted by Gasteiger charge is -2.17. The normalized spacial score (nSPS) is 11.3. The van der Waals surface area contributed by atoms with E-state index in [2.05, 4.69) is 36.2 Å². The van der Waals surface area contributed by atoms with Gasteiger partial charge in [0.15, 0.2) is 0 Å². The van der Waals surface area contributed by atoms with Crippen LogP contribution in [-0.4, -0.2) is 38.5 Å². The number of hydrogen-bond donors (Lipinski definition) is 0. The van der Waals surface area contributed by atoms with E-state index in [0.717, 1.165) is 6.67 Å². The van der Waals surface area contributed by atoms with Crippen molar-refractivity contribution in [3.63, 3.8) is 0 Å². The zero-order valence-corrected chi connectivity index (χ0v) is 8.51. The average molecular weight is 234 g/mol. The number of nitrogens with zero attached hydrogens (tertiary/aromatic N) is 2. The molecule has 0 unspecified atom stereocenters. The largest absolute Gasteiger partial charge is 0.362 e. The van der Waals surface area contributed by atoms with E-state index in [9.17, 15) is 0 Å². The van der Waals surface area contributed by atoms with Crippen LogP contribution < -0.4 is 0 Å². The second-order valence-electron chi connectivity index (χ2n) is 2.86. The van der Waals surface area contributed by atoms with Gasteiger partial charge in [0.05, 0.1) is 15.1 Å². The minimum absolute atomic E-state index is 0. The van der Waals surface area contributed by atoms with Crippen LogP contribution in [0.25, 0.3) is 0 Å². The Morgan fingerprint density at radius 2 is 1.60 bits per heavy atom. The Hall–Kier alpha value is -0.875. The molecule has 0 atom stereocenters. The van der Waals surface area contributed by atoms with Crippen LogP contribution in [0.3, 0.4) is 0 Å². The first-order valence-electron chi connectivity index (χ1n) is 3.95. The maximum atomic E-state index is 2.34. The molecule has 0 spiro atoms. The molecule has 1 rings (SSSR count). The van der Waals surface area contributed by atoms with E-state index in [1.54, 1.807) is 0 Å². The molecule has 0 aromatic rings. The first kappa shape index (κ1) is 29.2. The molecule has 0 aliphatic carbocycles. The van der Waals surface area contributed by atoms with Crippen LogP contribution in [0.4, 0.5) is 18.8 Å². The summed E-state index contributed by atoms with van der Waals surface area (Å²) in [5.74, 6) is 0. The van der Waals surface area contributed by atoms with E-state index in [4.69, 9.17) is 0 Å². The fraction of sp³-hybridized carbons (Fsp3) is 0.750. The van der Waals surface area contributed by atoms with Crippen molar-refractivity contribution < 1.29 is 18.8 Å². The molecule has 0 saturated carbocycles. The van der Waals surface area contributed by atoms with E-state index in [-0.39, 0.29) is 27.2 Å². The first-order chi connectivity index (χ1) is 4.83. The smallest absolute Gasteiger partial charge is 0.0890 e. The Kier molecular flexibility index (Phi) is 30.4. The fourth-order valence-electron chi connectivity index (χ4n) is 1.10. The van der Waals surface area contributed by atoms with Crippen molar-refractivity contribution >= 4 is 8.41 Å². The van der Waals surface area contributed by atoms with Gasteiger partial charge in [0.1, 0.15) is 0 Å². The van der Waals surface area contributed by atoms with E-state index >= 15 is 0 Å². The molecule has 0 aromatic carbocycles. The molecule has 0 fully saturated rings. The van der Waals surface area contributed by atoms with Crippen molar-refractivity contribution in [3.05, 3.63) is 12.4 Å². The lowest BCUT2D eigenvalue weighted by Crippen LogP contribution is -2.23. The number of unbranched alkanes of at least 4 members (excludes halogenated alkanes) is 1. The summed E-state index contributed by atoms with van der Waals surface area (Å²) < 4.78 is 0. The second kappa shape index (κ2) is 15.6. The van der Waals surface area contributed by atoms with Crippen LogP contribution in [0.5, 0.6) is 0 Å². The maximum absolute atomic E-state index is 2.34. The topological polar surface area (TPSA) is 6.48 Å². The summed E-state index contributed by atoms with van der Waals surface area (Å²) in [7, 11) is 2.10. The molecule has 0 saturated heterocycles. The molecule has 96 valence electrons. The highest BCUT2D eigenvalue weighted by molar-refractivity contribution is 5.75. The van der Waals surface area contributed by atoms with Crippen LogP contribution in [0.1, 0.15) is 19.8 Å². The van der Waals surface area contributed by atoms with Gasteiger partial charge in [-0.2, -0.15) is 0 Å². The van der Waals surface area contributed by atoms with Gasteiger partial charge in [-0.1, -0.05) is 13.3 Å². The third kappa shape index (κ3) is 11.0. The van der Waals surface area contributed by atoms with Gasteiger partial charge in [0.2, 0.25) is 0 Å². The van der Waals surface area contributed by atoms with Crippen LogP contribution in [0.2, 0.25) is 0 Å². The minimum atomic E-state index is 0. The quantitative estimate of drug-likeness (QED) is 0.528. The van der Waals surface area contributed by atoms with Crippen molar-refractivity contribution in [2.75, 3.05) is 20.3 Å². The molecule has 1 aliphatic rings. The summed E-state index contributed by atoms with van der Waals surface area (Å²) in [6.07, 6.45) is 6.87. The lowest BCUT2D eigenvalue weighted by atomic mass is 10.3. The molecule has 0 bridgehead atoms. The molecule has 15 heavy (non-hydrogen) atoms. The van der Waals surface area contributed by atoms with Gasteiger partial charge in [0.25, 0.3) is 0 Å². The van der Waals surface area contributed by atoms with Crippen molar-refractivity contribution in [1.29, 1.82) is 0 Å². The van der Waals surface area contributed by atoms with E-state index in [0.29, 0.717) is 0 Å². The van der Waals surface area contributed by atoms with E-state index < -0.39 is 0 Å². The molecule has 0 amide bonds. The zero-order chi connectivity index (χ0) is 7.40. The Balaban J connectivity index is -0.0000000667. The standard InChI is InChI=1S/C8H16N2.BH3.4FH/c1-3-4-5-10-7-6-9(2)8-10;;;;;/h6-7H,3-5,8H2,1-2H3;1H3;4*1H. The van der Waals surface area contributed by atoms with E-state index in [1.807, 2.05) is 0 Å². The molecule has 0 radical (unpaired) electrons. The maximum Gasteiger partial charge on any atom is 0.0890 e. The minimum Gasteiger partial charge on any atom is -0.362 e. The Bertz CT molecular complexity index is 138. The summed E-state index contributed by atoms with van der Waals surface area (Å²) in [4.78, 5) is 4.53. The van der Waals surface area contributed by atoms with Crippen LogP contribution in [-0.2, 0) is 0 Å². The third-order valence-electron chi connectivity index (χ3n) is 1.74. The summed E-state index contributed by atoms with van der Waals surface area (Å²) >= 11 is 0. The molecule has 0 aromatic heterocycles. The summed E-state index contributed by atoms with van der Waals surface area (Å²) in [6, 6.07) is 0. The highest BCUT2D eigenvalue weighted by atomic mass is 19.0. The molecular weight excluding hydrogens is 211 g/mol. The first-order valence-corrected chi connectivity index (χ1v) is 3.95. The van der Waals surface area contributed by atoms with Gasteiger partial charge in [0, 0.05) is 26.0 Å². The summed E-state index contributed by atoms with van der Waals surface area (Å²) in [5.41, 5.74) is 0. The predicted octanol–water partition coefficient (Wildman–Crippen LogP) is 0.889. The van der Waals surface area contributed by atoms with Gasteiger partial charge in [-0.15, -0.1) is 0 Å². The molecule has 7 heteroatoms. The molecular formula is C8H23BF4N2. The van der Waals surface area contributed by atoms with Gasteiger partial charge in [-0.25, -0.2) is 0 Å². The van der Waals surface area contributed by atoms with Crippen molar-refractivity contribution in [3.8, 4) is 0 Å². The van der Waals surface area contributed by atoms with Crippen LogP contribution in [0, 0.1) is 0 Å². The molecule has 1 heterocycles. The van der Waals surface area contributed by atoms with Gasteiger partial charge in [-0.05, 0) is 6.42 Å². The van der Waals surface area contributed by atoms with Crippen LogP contribution >= 0.6 is 0 Å². The monoisotopic (exact) mass is 234 g/mol. The zero-order valence-electron chi connectivity index (χ0n) is 8.51. The summed E-state index contributed by atoms with van der Waals surface area (Å²) in [5, 5.41) is 0. The number of hydrogen-bond acceptors (Lipinski definition) is 2. The molecule has 0 N–H and O–H groups in total. The number of halogens is 4. The highest BCUT2D eigenvalue weighted by Crippen LogP contribution is 2.04. The Labute approximate surface area is 90.4 Å².